The van der Waals surface area contributed by atoms with Crippen molar-refractivity contribution in [3.05, 3.63) is 58.6 Å². The first kappa shape index (κ1) is 21.0. The Hall–Kier alpha value is -2.74. The van der Waals surface area contributed by atoms with Gasteiger partial charge < -0.3 is 24.2 Å². The second kappa shape index (κ2) is 9.65. The summed E-state index contributed by atoms with van der Waals surface area (Å²) in [5.41, 5.74) is 2.37. The Morgan fingerprint density at radius 3 is 2.59 bits per heavy atom. The number of carbonyl (C=O) groups excluding carboxylic acids is 1. The normalized spacial score (nSPS) is 14.5. The quantitative estimate of drug-likeness (QED) is 0.628. The first-order chi connectivity index (χ1) is 14.0. The molecule has 0 saturated heterocycles. The molecule has 0 amide bonds. The van der Waals surface area contributed by atoms with Crippen molar-refractivity contribution in [3.8, 4) is 11.5 Å². The molecule has 0 radical (unpaired) electrons. The van der Waals surface area contributed by atoms with Gasteiger partial charge in [0, 0.05) is 32.2 Å². The lowest BCUT2D eigenvalue weighted by Gasteiger charge is -2.24. The van der Waals surface area contributed by atoms with Crippen molar-refractivity contribution in [1.29, 1.82) is 0 Å². The van der Waals surface area contributed by atoms with E-state index in [1.54, 1.807) is 45.7 Å². The van der Waals surface area contributed by atoms with E-state index >= 15 is 0 Å². The molecule has 2 heterocycles. The maximum Gasteiger partial charge on any atom is 0.232 e. The second-order valence-electron chi connectivity index (χ2n) is 7.01. The summed E-state index contributed by atoms with van der Waals surface area (Å²) in [4.78, 5) is 18.1. The SMILES string of the molecule is COCC[NH+](CCOC)Cc1c([O-])cc(C)c2c1OC(=Cc1cccnc1)C2=O. The average Bonchev–Trinajstić information content (AvgIpc) is 3.04. The van der Waals surface area contributed by atoms with Crippen LogP contribution < -0.4 is 14.7 Å². The molecule has 3 rings (SSSR count). The van der Waals surface area contributed by atoms with E-state index in [4.69, 9.17) is 14.2 Å². The number of methoxy groups -OCH3 is 2. The van der Waals surface area contributed by atoms with Crippen molar-refractivity contribution in [1.82, 2.24) is 4.98 Å². The Labute approximate surface area is 170 Å². The third-order valence-electron chi connectivity index (χ3n) is 4.93. The topological polar surface area (TPSA) is 85.2 Å². The molecule has 7 heteroatoms. The summed E-state index contributed by atoms with van der Waals surface area (Å²) in [6.45, 7) is 4.75. The third-order valence-corrected chi connectivity index (χ3v) is 4.93. The van der Waals surface area contributed by atoms with Gasteiger partial charge in [-0.25, -0.2) is 0 Å². The number of ether oxygens (including phenoxy) is 3. The van der Waals surface area contributed by atoms with Gasteiger partial charge in [0.05, 0.1) is 18.8 Å². The van der Waals surface area contributed by atoms with Crippen LogP contribution in [-0.2, 0) is 16.0 Å². The van der Waals surface area contributed by atoms with Gasteiger partial charge in [0.1, 0.15) is 25.4 Å². The molecule has 0 aliphatic carbocycles. The molecule has 1 aromatic heterocycles. The minimum atomic E-state index is -0.210. The first-order valence-corrected chi connectivity index (χ1v) is 9.54. The number of allylic oxidation sites excluding steroid dienone is 1. The standard InChI is InChI=1S/C22H26N2O5/c1-15-11-18(25)17(14-24(7-9-27-2)8-10-28-3)22-20(15)21(26)19(29-22)12-16-5-4-6-23-13-16/h4-6,11-13,25H,7-10,14H2,1-3H3. The molecule has 1 N–H and O–H groups in total. The maximum atomic E-state index is 13.0. The number of nitrogens with zero attached hydrogens (tertiary/aromatic N) is 1. The maximum absolute atomic E-state index is 13.0. The van der Waals surface area contributed by atoms with E-state index in [1.165, 1.54) is 6.07 Å². The number of rotatable bonds is 9. The van der Waals surface area contributed by atoms with Gasteiger partial charge >= 0.3 is 0 Å². The number of ketones is 1. The number of aromatic nitrogens is 1. The van der Waals surface area contributed by atoms with E-state index in [-0.39, 0.29) is 17.3 Å². The van der Waals surface area contributed by atoms with Crippen molar-refractivity contribution in [2.24, 2.45) is 0 Å². The zero-order valence-electron chi connectivity index (χ0n) is 17.0. The fraction of sp³-hybridized carbons (Fsp3) is 0.364. The van der Waals surface area contributed by atoms with Gasteiger partial charge in [-0.2, -0.15) is 0 Å². The highest BCUT2D eigenvalue weighted by Crippen LogP contribution is 2.40. The van der Waals surface area contributed by atoms with Crippen LogP contribution in [-0.4, -0.2) is 51.3 Å². The molecule has 0 atom stereocenters. The fourth-order valence-electron chi connectivity index (χ4n) is 3.39. The number of aryl methyl sites for hydroxylation is 1. The number of pyridine rings is 1. The van der Waals surface area contributed by atoms with Gasteiger partial charge in [0.2, 0.25) is 5.78 Å². The highest BCUT2D eigenvalue weighted by atomic mass is 16.5. The molecule has 0 saturated carbocycles. The summed E-state index contributed by atoms with van der Waals surface area (Å²) >= 11 is 0. The van der Waals surface area contributed by atoms with Crippen LogP contribution in [0, 0.1) is 6.92 Å². The summed E-state index contributed by atoms with van der Waals surface area (Å²) < 4.78 is 16.3. The molecule has 29 heavy (non-hydrogen) atoms. The zero-order chi connectivity index (χ0) is 20.8. The molecule has 0 unspecified atom stereocenters. The third kappa shape index (κ3) is 4.82. The van der Waals surface area contributed by atoms with Crippen LogP contribution in [0.3, 0.4) is 0 Å². The molecular formula is C22H26N2O5. The van der Waals surface area contributed by atoms with Crippen LogP contribution in [0.1, 0.15) is 27.0 Å². The molecular weight excluding hydrogens is 372 g/mol. The van der Waals surface area contributed by atoms with E-state index in [0.717, 1.165) is 10.5 Å². The van der Waals surface area contributed by atoms with E-state index in [0.29, 0.717) is 55.3 Å². The summed E-state index contributed by atoms with van der Waals surface area (Å²) in [5.74, 6) is 0.253. The highest BCUT2D eigenvalue weighted by molar-refractivity contribution is 6.15. The Morgan fingerprint density at radius 1 is 1.24 bits per heavy atom. The number of nitrogens with one attached hydrogen (secondary N) is 1. The van der Waals surface area contributed by atoms with Gasteiger partial charge in [-0.15, -0.1) is 0 Å². The monoisotopic (exact) mass is 398 g/mol. The molecule has 2 aromatic rings. The number of hydrogen-bond acceptors (Lipinski definition) is 6. The molecule has 1 aliphatic rings. The Balaban J connectivity index is 1.94. The van der Waals surface area contributed by atoms with Gasteiger partial charge in [-0.3, -0.25) is 9.78 Å². The van der Waals surface area contributed by atoms with Crippen molar-refractivity contribution in [2.45, 2.75) is 13.5 Å². The van der Waals surface area contributed by atoms with Crippen LogP contribution in [0.5, 0.6) is 11.5 Å². The minimum absolute atomic E-state index is 0.121. The van der Waals surface area contributed by atoms with Crippen LogP contribution in [0.2, 0.25) is 0 Å². The first-order valence-electron chi connectivity index (χ1n) is 9.54. The van der Waals surface area contributed by atoms with Crippen LogP contribution in [0.4, 0.5) is 0 Å². The number of fused-ring (bicyclic) bond motifs is 1. The second-order valence-corrected chi connectivity index (χ2v) is 7.01. The van der Waals surface area contributed by atoms with Gasteiger partial charge in [-0.1, -0.05) is 17.9 Å². The Bertz CT molecular complexity index is 888. The molecule has 0 spiro atoms. The van der Waals surface area contributed by atoms with E-state index in [2.05, 4.69) is 4.98 Å². The summed E-state index contributed by atoms with van der Waals surface area (Å²) in [6, 6.07) is 5.15. The predicted octanol–water partition coefficient (Wildman–Crippen LogP) is 0.758. The van der Waals surface area contributed by atoms with Crippen LogP contribution >= 0.6 is 0 Å². The summed E-state index contributed by atoms with van der Waals surface area (Å²) in [7, 11) is 3.29. The van der Waals surface area contributed by atoms with Crippen molar-refractivity contribution >= 4 is 11.9 Å². The number of hydrogen-bond donors (Lipinski definition) is 1. The van der Waals surface area contributed by atoms with E-state index in [1.807, 2.05) is 6.07 Å². The van der Waals surface area contributed by atoms with Crippen molar-refractivity contribution in [2.75, 3.05) is 40.5 Å². The minimum Gasteiger partial charge on any atom is -0.872 e. The van der Waals surface area contributed by atoms with Gasteiger partial charge in [0.15, 0.2) is 5.76 Å². The lowest BCUT2D eigenvalue weighted by Crippen LogP contribution is -3.11. The van der Waals surface area contributed by atoms with E-state index < -0.39 is 0 Å². The van der Waals surface area contributed by atoms with Gasteiger partial charge in [0.25, 0.3) is 0 Å². The number of quaternary nitrogens is 1. The molecule has 0 fully saturated rings. The summed E-state index contributed by atoms with van der Waals surface area (Å²) in [6.07, 6.45) is 4.97. The Morgan fingerprint density at radius 2 is 1.97 bits per heavy atom. The largest absolute Gasteiger partial charge is 0.872 e. The zero-order valence-corrected chi connectivity index (χ0v) is 17.0. The Kier molecular flexibility index (Phi) is 6.98. The van der Waals surface area contributed by atoms with Crippen molar-refractivity contribution in [3.63, 3.8) is 0 Å². The van der Waals surface area contributed by atoms with Crippen LogP contribution in [0.25, 0.3) is 6.08 Å². The lowest BCUT2D eigenvalue weighted by molar-refractivity contribution is -0.914. The number of carbonyl (C=O) groups is 1. The van der Waals surface area contributed by atoms with E-state index in [9.17, 15) is 9.90 Å². The molecule has 154 valence electrons. The number of Topliss-reactive ketones (excluding diaryl/α,β-unsaturated/α-hetero) is 1. The fourth-order valence-corrected chi connectivity index (χ4v) is 3.39. The average molecular weight is 398 g/mol. The highest BCUT2D eigenvalue weighted by Gasteiger charge is 2.33. The van der Waals surface area contributed by atoms with Gasteiger partial charge in [-0.05, 0) is 30.2 Å². The van der Waals surface area contributed by atoms with Crippen molar-refractivity contribution < 1.29 is 29.0 Å². The summed E-state index contributed by atoms with van der Waals surface area (Å²) in [5, 5.41) is 12.8. The molecule has 1 aromatic carbocycles. The molecule has 0 bridgehead atoms. The predicted molar refractivity (Wildman–Crippen MR) is 106 cm³/mol. The lowest BCUT2D eigenvalue weighted by atomic mass is 9.99. The molecule has 1 aliphatic heterocycles. The van der Waals surface area contributed by atoms with Crippen LogP contribution in [0.15, 0.2) is 36.4 Å². The molecule has 7 nitrogen and oxygen atoms in total. The smallest absolute Gasteiger partial charge is 0.232 e. The number of benzene rings is 1.